The van der Waals surface area contributed by atoms with Gasteiger partial charge < -0.3 is 20.5 Å². The monoisotopic (exact) mass is 345 g/mol. The van der Waals surface area contributed by atoms with Gasteiger partial charge in [0, 0.05) is 18.4 Å². The maximum atomic E-state index is 10.3. The molecule has 2 aliphatic rings. The highest BCUT2D eigenvalue weighted by molar-refractivity contribution is 5.79. The van der Waals surface area contributed by atoms with Crippen molar-refractivity contribution in [3.8, 4) is 5.75 Å². The van der Waals surface area contributed by atoms with Crippen molar-refractivity contribution in [1.82, 2.24) is 10.6 Å². The largest absolute Gasteiger partial charge is 0.488 e. The first kappa shape index (κ1) is 18.1. The molecule has 1 saturated carbocycles. The van der Waals surface area contributed by atoms with Crippen LogP contribution in [0.25, 0.3) is 0 Å². The third-order valence-corrected chi connectivity index (χ3v) is 5.43. The van der Waals surface area contributed by atoms with E-state index in [1.54, 1.807) is 0 Å². The second-order valence-corrected chi connectivity index (χ2v) is 7.54. The van der Waals surface area contributed by atoms with E-state index in [1.165, 1.54) is 12.0 Å². The Morgan fingerprint density at radius 3 is 2.92 bits per heavy atom. The zero-order chi connectivity index (χ0) is 17.7. The maximum Gasteiger partial charge on any atom is 0.191 e. The minimum Gasteiger partial charge on any atom is -0.488 e. The SMILES string of the molecule is CCNC(=NCC1(C)CCCCC1O)NCC1Cc2ccccc2O1. The van der Waals surface area contributed by atoms with E-state index >= 15 is 0 Å². The van der Waals surface area contributed by atoms with Crippen molar-refractivity contribution >= 4 is 5.96 Å². The van der Waals surface area contributed by atoms with Crippen molar-refractivity contribution in [2.75, 3.05) is 19.6 Å². The Morgan fingerprint density at radius 2 is 2.16 bits per heavy atom. The van der Waals surface area contributed by atoms with Crippen LogP contribution in [-0.4, -0.2) is 42.9 Å². The predicted octanol–water partition coefficient (Wildman–Crippen LogP) is 2.49. The van der Waals surface area contributed by atoms with E-state index in [1.807, 2.05) is 12.1 Å². The molecule has 138 valence electrons. The summed E-state index contributed by atoms with van der Waals surface area (Å²) in [5, 5.41) is 17.0. The van der Waals surface area contributed by atoms with E-state index in [0.717, 1.165) is 50.5 Å². The van der Waals surface area contributed by atoms with E-state index < -0.39 is 0 Å². The summed E-state index contributed by atoms with van der Waals surface area (Å²) in [5.41, 5.74) is 1.16. The molecule has 1 aliphatic carbocycles. The Bertz CT molecular complexity index is 579. The minimum absolute atomic E-state index is 0.110. The molecule has 3 rings (SSSR count). The third kappa shape index (κ3) is 4.46. The van der Waals surface area contributed by atoms with Crippen molar-refractivity contribution < 1.29 is 9.84 Å². The Balaban J connectivity index is 1.54. The van der Waals surface area contributed by atoms with Crippen molar-refractivity contribution in [1.29, 1.82) is 0 Å². The zero-order valence-electron chi connectivity index (χ0n) is 15.4. The summed E-state index contributed by atoms with van der Waals surface area (Å²) >= 11 is 0. The number of aliphatic hydroxyl groups is 1. The average Bonchev–Trinajstić information content (AvgIpc) is 3.03. The topological polar surface area (TPSA) is 65.9 Å². The summed E-state index contributed by atoms with van der Waals surface area (Å²) in [4.78, 5) is 4.75. The van der Waals surface area contributed by atoms with Crippen molar-refractivity contribution in [2.24, 2.45) is 10.4 Å². The van der Waals surface area contributed by atoms with Gasteiger partial charge in [-0.2, -0.15) is 0 Å². The van der Waals surface area contributed by atoms with E-state index in [4.69, 9.17) is 9.73 Å². The molecule has 3 N–H and O–H groups in total. The van der Waals surface area contributed by atoms with Gasteiger partial charge in [0.2, 0.25) is 0 Å². The van der Waals surface area contributed by atoms with Gasteiger partial charge in [-0.3, -0.25) is 4.99 Å². The number of fused-ring (bicyclic) bond motifs is 1. The Labute approximate surface area is 150 Å². The predicted molar refractivity (Wildman–Crippen MR) is 101 cm³/mol. The van der Waals surface area contributed by atoms with Crippen LogP contribution in [0.2, 0.25) is 0 Å². The number of hydrogen-bond acceptors (Lipinski definition) is 3. The molecule has 0 saturated heterocycles. The summed E-state index contributed by atoms with van der Waals surface area (Å²) in [6.07, 6.45) is 5.05. The van der Waals surface area contributed by atoms with Gasteiger partial charge in [0.1, 0.15) is 11.9 Å². The second-order valence-electron chi connectivity index (χ2n) is 7.54. The highest BCUT2D eigenvalue weighted by atomic mass is 16.5. The van der Waals surface area contributed by atoms with E-state index in [0.29, 0.717) is 6.54 Å². The molecule has 0 spiro atoms. The van der Waals surface area contributed by atoms with Gasteiger partial charge in [-0.05, 0) is 31.4 Å². The fraction of sp³-hybridized carbons (Fsp3) is 0.650. The van der Waals surface area contributed by atoms with Gasteiger partial charge in [0.05, 0.1) is 19.2 Å². The molecular formula is C20H31N3O2. The second kappa shape index (κ2) is 8.09. The first-order chi connectivity index (χ1) is 12.1. The van der Waals surface area contributed by atoms with Crippen LogP contribution in [0.5, 0.6) is 5.75 Å². The lowest BCUT2D eigenvalue weighted by Crippen LogP contribution is -2.44. The maximum absolute atomic E-state index is 10.3. The number of guanidine groups is 1. The molecular weight excluding hydrogens is 314 g/mol. The molecule has 1 aromatic rings. The molecule has 0 amide bonds. The number of nitrogens with one attached hydrogen (secondary N) is 2. The van der Waals surface area contributed by atoms with Crippen LogP contribution in [0.1, 0.15) is 45.1 Å². The smallest absolute Gasteiger partial charge is 0.191 e. The first-order valence-corrected chi connectivity index (χ1v) is 9.55. The Kier molecular flexibility index (Phi) is 5.84. The van der Waals surface area contributed by atoms with Crippen LogP contribution in [0.15, 0.2) is 29.3 Å². The van der Waals surface area contributed by atoms with Gasteiger partial charge in [-0.15, -0.1) is 0 Å². The van der Waals surface area contributed by atoms with E-state index in [9.17, 15) is 5.11 Å². The molecule has 1 aromatic carbocycles. The number of para-hydroxylation sites is 1. The van der Waals surface area contributed by atoms with Crippen LogP contribution in [0.4, 0.5) is 0 Å². The minimum atomic E-state index is -0.249. The Morgan fingerprint density at radius 1 is 1.32 bits per heavy atom. The van der Waals surface area contributed by atoms with Crippen molar-refractivity contribution in [2.45, 2.75) is 58.2 Å². The van der Waals surface area contributed by atoms with Crippen molar-refractivity contribution in [3.05, 3.63) is 29.8 Å². The highest BCUT2D eigenvalue weighted by Gasteiger charge is 2.35. The van der Waals surface area contributed by atoms with Gasteiger partial charge in [-0.25, -0.2) is 0 Å². The van der Waals surface area contributed by atoms with Crippen LogP contribution < -0.4 is 15.4 Å². The van der Waals surface area contributed by atoms with Gasteiger partial charge in [-0.1, -0.05) is 38.0 Å². The summed E-state index contributed by atoms with van der Waals surface area (Å²) in [6.45, 7) is 6.41. The lowest BCUT2D eigenvalue weighted by Gasteiger charge is -2.37. The molecule has 1 heterocycles. The van der Waals surface area contributed by atoms with Crippen molar-refractivity contribution in [3.63, 3.8) is 0 Å². The van der Waals surface area contributed by atoms with Gasteiger partial charge in [0.15, 0.2) is 5.96 Å². The molecule has 25 heavy (non-hydrogen) atoms. The number of hydrogen-bond donors (Lipinski definition) is 3. The number of ether oxygens (including phenoxy) is 1. The molecule has 3 atom stereocenters. The highest BCUT2D eigenvalue weighted by Crippen LogP contribution is 2.36. The van der Waals surface area contributed by atoms with E-state index in [-0.39, 0.29) is 17.6 Å². The number of rotatable bonds is 5. The summed E-state index contributed by atoms with van der Waals surface area (Å²) in [7, 11) is 0. The summed E-state index contributed by atoms with van der Waals surface area (Å²) < 4.78 is 5.98. The Hall–Kier alpha value is -1.75. The molecule has 3 unspecified atom stereocenters. The summed E-state index contributed by atoms with van der Waals surface area (Å²) in [6, 6.07) is 8.22. The first-order valence-electron chi connectivity index (χ1n) is 9.55. The molecule has 0 aromatic heterocycles. The number of nitrogens with zero attached hydrogens (tertiary/aromatic N) is 1. The average molecular weight is 345 g/mol. The quantitative estimate of drug-likeness (QED) is 0.567. The number of aliphatic imine (C=N–C) groups is 1. The number of benzene rings is 1. The van der Waals surface area contributed by atoms with E-state index in [2.05, 4.69) is 36.6 Å². The molecule has 0 bridgehead atoms. The lowest BCUT2D eigenvalue weighted by molar-refractivity contribution is 0.00715. The number of aliphatic hydroxyl groups excluding tert-OH is 1. The van der Waals surface area contributed by atoms with Gasteiger partial charge >= 0.3 is 0 Å². The van der Waals surface area contributed by atoms with Crippen LogP contribution in [0.3, 0.4) is 0 Å². The fourth-order valence-corrected chi connectivity index (χ4v) is 3.75. The fourth-order valence-electron chi connectivity index (χ4n) is 3.75. The molecule has 0 radical (unpaired) electrons. The van der Waals surface area contributed by atoms with Crippen LogP contribution in [0, 0.1) is 5.41 Å². The molecule has 1 fully saturated rings. The standard InChI is InChI=1S/C20H31N3O2/c1-3-21-19(23-14-20(2)11-7-6-10-18(20)24)22-13-16-12-15-8-4-5-9-17(15)25-16/h4-5,8-9,16,18,24H,3,6-7,10-14H2,1-2H3,(H2,21,22,23). The van der Waals surface area contributed by atoms with Gasteiger partial charge in [0.25, 0.3) is 0 Å². The zero-order valence-corrected chi connectivity index (χ0v) is 15.4. The lowest BCUT2D eigenvalue weighted by atomic mass is 9.73. The normalized spacial score (nSPS) is 29.0. The molecule has 5 heteroatoms. The van der Waals surface area contributed by atoms with Crippen LogP contribution >= 0.6 is 0 Å². The van der Waals surface area contributed by atoms with Crippen LogP contribution in [-0.2, 0) is 6.42 Å². The third-order valence-electron chi connectivity index (χ3n) is 5.43. The summed E-state index contributed by atoms with van der Waals surface area (Å²) in [5.74, 6) is 1.80. The molecule has 1 aliphatic heterocycles. The molecule has 5 nitrogen and oxygen atoms in total.